The van der Waals surface area contributed by atoms with Gasteiger partial charge in [0, 0.05) is 0 Å². The van der Waals surface area contributed by atoms with Gasteiger partial charge in [0.15, 0.2) is 0 Å². The quantitative estimate of drug-likeness (QED) is 0.597. The van der Waals surface area contributed by atoms with E-state index in [4.69, 9.17) is 5.73 Å². The number of benzene rings is 1. The number of methoxy groups -OCH3 is 2. The van der Waals surface area contributed by atoms with Crippen LogP contribution in [0.3, 0.4) is 0 Å². The Hall–Kier alpha value is -2.83. The van der Waals surface area contributed by atoms with Crippen molar-refractivity contribution in [3.63, 3.8) is 0 Å². The third-order valence-corrected chi connectivity index (χ3v) is 2.33. The smallest absolute Gasteiger partial charge is 0.354 e. The number of nitrogens with two attached hydrogens (primary N) is 1. The molecule has 0 atom stereocenters. The van der Waals surface area contributed by atoms with Gasteiger partial charge in [-0.05, 0) is 12.1 Å². The van der Waals surface area contributed by atoms with Crippen molar-refractivity contribution in [1.29, 1.82) is 0 Å². The number of ether oxygens (including phenoxy) is 2. The molecule has 7 nitrogen and oxygen atoms in total. The lowest BCUT2D eigenvalue weighted by atomic mass is 10.1. The van der Waals surface area contributed by atoms with E-state index in [2.05, 4.69) is 14.8 Å². The molecular weight excluding hydrogens is 264 g/mol. The van der Waals surface area contributed by atoms with Gasteiger partial charge in [-0.15, -0.1) is 0 Å². The second kappa shape index (κ2) is 6.93. The standard InChI is InChI=1S/C13H14N2O5/c1-19-11(16)7-10(13(18)20-2)15-9-6-4-3-5-8(9)12(14)17/h3-7,15H,1-2H3,(H2,14,17)/b10-7-. The van der Waals surface area contributed by atoms with Crippen LogP contribution in [0.25, 0.3) is 0 Å². The minimum Gasteiger partial charge on any atom is -0.466 e. The molecule has 0 saturated heterocycles. The predicted molar refractivity (Wildman–Crippen MR) is 70.7 cm³/mol. The molecule has 0 unspecified atom stereocenters. The number of carbonyl (C=O) groups excluding carboxylic acids is 3. The van der Waals surface area contributed by atoms with Gasteiger partial charge in [-0.3, -0.25) is 4.79 Å². The second-order valence-electron chi connectivity index (χ2n) is 3.61. The highest BCUT2D eigenvalue weighted by Gasteiger charge is 2.15. The maximum Gasteiger partial charge on any atom is 0.354 e. The molecule has 1 amide bonds. The molecule has 20 heavy (non-hydrogen) atoms. The van der Waals surface area contributed by atoms with Crippen molar-refractivity contribution in [1.82, 2.24) is 0 Å². The lowest BCUT2D eigenvalue weighted by molar-refractivity contribution is -0.138. The molecule has 3 N–H and O–H groups in total. The monoisotopic (exact) mass is 278 g/mol. The van der Waals surface area contributed by atoms with Crippen LogP contribution >= 0.6 is 0 Å². The largest absolute Gasteiger partial charge is 0.466 e. The molecule has 0 aliphatic heterocycles. The van der Waals surface area contributed by atoms with Crippen molar-refractivity contribution in [2.75, 3.05) is 19.5 Å². The van der Waals surface area contributed by atoms with Gasteiger partial charge in [0.1, 0.15) is 5.70 Å². The van der Waals surface area contributed by atoms with Crippen molar-refractivity contribution in [2.45, 2.75) is 0 Å². The van der Waals surface area contributed by atoms with Gasteiger partial charge in [0.2, 0.25) is 0 Å². The van der Waals surface area contributed by atoms with Gasteiger partial charge in [-0.1, -0.05) is 12.1 Å². The third kappa shape index (κ3) is 3.84. The average Bonchev–Trinajstić information content (AvgIpc) is 2.45. The Bertz CT molecular complexity index is 566. The maximum absolute atomic E-state index is 11.6. The number of rotatable bonds is 5. The van der Waals surface area contributed by atoms with Gasteiger partial charge in [-0.25, -0.2) is 9.59 Å². The third-order valence-electron chi connectivity index (χ3n) is 2.33. The summed E-state index contributed by atoms with van der Waals surface area (Å²) in [4.78, 5) is 34.1. The summed E-state index contributed by atoms with van der Waals surface area (Å²) in [5, 5.41) is 2.63. The number of hydrogen-bond acceptors (Lipinski definition) is 6. The SMILES string of the molecule is COC(=O)/C=C(\Nc1ccccc1C(N)=O)C(=O)OC. The van der Waals surface area contributed by atoms with Crippen LogP contribution < -0.4 is 11.1 Å². The summed E-state index contributed by atoms with van der Waals surface area (Å²) in [6.45, 7) is 0. The van der Waals surface area contributed by atoms with Crippen molar-refractivity contribution in [3.8, 4) is 0 Å². The molecule has 0 spiro atoms. The van der Waals surface area contributed by atoms with Crippen LogP contribution in [0, 0.1) is 0 Å². The first kappa shape index (κ1) is 15.2. The zero-order chi connectivity index (χ0) is 15.1. The highest BCUT2D eigenvalue weighted by molar-refractivity contribution is 6.02. The predicted octanol–water partition coefficient (Wildman–Crippen LogP) is 0.427. The molecule has 1 aromatic rings. The number of primary amides is 1. The summed E-state index contributed by atoms with van der Waals surface area (Å²) >= 11 is 0. The lowest BCUT2D eigenvalue weighted by Crippen LogP contribution is -2.19. The van der Waals surface area contributed by atoms with E-state index in [1.54, 1.807) is 12.1 Å². The van der Waals surface area contributed by atoms with Gasteiger partial charge in [0.25, 0.3) is 5.91 Å². The summed E-state index contributed by atoms with van der Waals surface area (Å²) in [6.07, 6.45) is 0.920. The lowest BCUT2D eigenvalue weighted by Gasteiger charge is -2.11. The zero-order valence-electron chi connectivity index (χ0n) is 11.0. The van der Waals surface area contributed by atoms with Crippen molar-refractivity contribution >= 4 is 23.5 Å². The average molecular weight is 278 g/mol. The van der Waals surface area contributed by atoms with E-state index in [0.29, 0.717) is 0 Å². The Morgan fingerprint density at radius 2 is 1.80 bits per heavy atom. The Morgan fingerprint density at radius 3 is 2.35 bits per heavy atom. The van der Waals surface area contributed by atoms with E-state index in [9.17, 15) is 14.4 Å². The molecule has 1 rings (SSSR count). The molecule has 7 heteroatoms. The number of nitrogens with one attached hydrogen (secondary N) is 1. The van der Waals surface area contributed by atoms with Crippen molar-refractivity contribution in [2.24, 2.45) is 5.73 Å². The first-order valence-electron chi connectivity index (χ1n) is 5.53. The van der Waals surface area contributed by atoms with Gasteiger partial charge < -0.3 is 20.5 Å². The molecule has 0 radical (unpaired) electrons. The highest BCUT2D eigenvalue weighted by atomic mass is 16.5. The summed E-state index contributed by atoms with van der Waals surface area (Å²) in [6, 6.07) is 6.28. The van der Waals surface area contributed by atoms with E-state index < -0.39 is 17.8 Å². The van der Waals surface area contributed by atoms with Crippen LogP contribution in [-0.4, -0.2) is 32.1 Å². The highest BCUT2D eigenvalue weighted by Crippen LogP contribution is 2.17. The topological polar surface area (TPSA) is 108 Å². The van der Waals surface area contributed by atoms with Crippen LogP contribution in [-0.2, 0) is 19.1 Å². The second-order valence-corrected chi connectivity index (χ2v) is 3.61. The molecule has 0 heterocycles. The summed E-state index contributed by atoms with van der Waals surface area (Å²) in [7, 11) is 2.33. The van der Waals surface area contributed by atoms with E-state index in [-0.39, 0.29) is 16.9 Å². The van der Waals surface area contributed by atoms with E-state index in [1.807, 2.05) is 0 Å². The molecule has 0 aromatic heterocycles. The number of hydrogen-bond donors (Lipinski definition) is 2. The number of carbonyl (C=O) groups is 3. The molecule has 0 aliphatic carbocycles. The summed E-state index contributed by atoms with van der Waals surface area (Å²) in [5.41, 5.74) is 5.50. The Morgan fingerprint density at radius 1 is 1.15 bits per heavy atom. The zero-order valence-corrected chi connectivity index (χ0v) is 11.0. The number of anilines is 1. The van der Waals surface area contributed by atoms with Crippen molar-refractivity contribution in [3.05, 3.63) is 41.6 Å². The van der Waals surface area contributed by atoms with E-state index in [0.717, 1.165) is 13.2 Å². The van der Waals surface area contributed by atoms with Crippen LogP contribution in [0.15, 0.2) is 36.0 Å². The van der Waals surface area contributed by atoms with Crippen LogP contribution in [0.4, 0.5) is 5.69 Å². The number of para-hydroxylation sites is 1. The van der Waals surface area contributed by atoms with E-state index >= 15 is 0 Å². The minimum absolute atomic E-state index is 0.173. The fraction of sp³-hybridized carbons (Fsp3) is 0.154. The summed E-state index contributed by atoms with van der Waals surface area (Å²) in [5.74, 6) is -2.19. The van der Waals surface area contributed by atoms with E-state index in [1.165, 1.54) is 19.2 Å². The molecule has 0 bridgehead atoms. The fourth-order valence-electron chi connectivity index (χ4n) is 1.38. The van der Waals surface area contributed by atoms with Crippen LogP contribution in [0.1, 0.15) is 10.4 Å². The molecule has 0 aliphatic rings. The van der Waals surface area contributed by atoms with Crippen LogP contribution in [0.2, 0.25) is 0 Å². The summed E-state index contributed by atoms with van der Waals surface area (Å²) < 4.78 is 8.97. The van der Waals surface area contributed by atoms with Crippen molar-refractivity contribution < 1.29 is 23.9 Å². The molecular formula is C13H14N2O5. The Labute approximate surface area is 115 Å². The molecule has 106 valence electrons. The first-order valence-corrected chi connectivity index (χ1v) is 5.53. The maximum atomic E-state index is 11.6. The van der Waals surface area contributed by atoms with Crippen LogP contribution in [0.5, 0.6) is 0 Å². The van der Waals surface area contributed by atoms with Gasteiger partial charge in [-0.2, -0.15) is 0 Å². The Balaban J connectivity index is 3.14. The molecule has 1 aromatic carbocycles. The number of esters is 2. The first-order chi connectivity index (χ1) is 9.49. The Kier molecular flexibility index (Phi) is 5.28. The fourth-order valence-corrected chi connectivity index (χ4v) is 1.38. The minimum atomic E-state index is -0.783. The normalized spacial score (nSPS) is 10.6. The molecule has 0 fully saturated rings. The number of amides is 1. The van der Waals surface area contributed by atoms with Gasteiger partial charge >= 0.3 is 11.9 Å². The van der Waals surface area contributed by atoms with Gasteiger partial charge in [0.05, 0.1) is 31.5 Å². The molecule has 0 saturated carbocycles.